The summed E-state index contributed by atoms with van der Waals surface area (Å²) in [7, 11) is 4.45. The van der Waals surface area contributed by atoms with Gasteiger partial charge in [-0.3, -0.25) is 4.90 Å². The SMILES string of the molecule is CN(C)C1(c2ccccc2)CCC2(CCCc3c2[nH]c2ccc(F)cc32)CC1. The fraction of sp³-hybridized carbons (Fsp3) is 0.440. The van der Waals surface area contributed by atoms with Crippen LogP contribution in [0.4, 0.5) is 4.39 Å². The summed E-state index contributed by atoms with van der Waals surface area (Å²) >= 11 is 0. The van der Waals surface area contributed by atoms with Gasteiger partial charge in [0, 0.05) is 27.6 Å². The van der Waals surface area contributed by atoms with Crippen molar-refractivity contribution in [2.45, 2.75) is 55.9 Å². The van der Waals surface area contributed by atoms with Gasteiger partial charge in [-0.05, 0) is 88.4 Å². The minimum absolute atomic E-state index is 0.113. The molecule has 0 atom stereocenters. The molecule has 0 aliphatic heterocycles. The zero-order valence-electron chi connectivity index (χ0n) is 16.9. The lowest BCUT2D eigenvalue weighted by Gasteiger charge is -2.51. The van der Waals surface area contributed by atoms with Crippen LogP contribution < -0.4 is 0 Å². The summed E-state index contributed by atoms with van der Waals surface area (Å²) < 4.78 is 13.9. The summed E-state index contributed by atoms with van der Waals surface area (Å²) in [6.45, 7) is 0. The van der Waals surface area contributed by atoms with E-state index in [1.54, 1.807) is 12.1 Å². The van der Waals surface area contributed by atoms with Crippen LogP contribution in [0.25, 0.3) is 10.9 Å². The number of fused-ring (bicyclic) bond motifs is 4. The van der Waals surface area contributed by atoms with Crippen molar-refractivity contribution in [1.82, 2.24) is 9.88 Å². The standard InChI is InChI=1S/C25H29FN2/c1-28(2)25(18-7-4-3-5-8-18)15-13-24(14-16-25)12-6-9-20-21-17-19(26)10-11-22(21)27-23(20)24/h3-5,7-8,10-11,17,27H,6,9,12-16H2,1-2H3. The summed E-state index contributed by atoms with van der Waals surface area (Å²) in [6, 6.07) is 16.2. The van der Waals surface area contributed by atoms with E-state index < -0.39 is 0 Å². The molecule has 0 bridgehead atoms. The van der Waals surface area contributed by atoms with Crippen molar-refractivity contribution in [3.8, 4) is 0 Å². The molecule has 2 aliphatic rings. The summed E-state index contributed by atoms with van der Waals surface area (Å²) in [4.78, 5) is 6.15. The number of hydrogen-bond acceptors (Lipinski definition) is 1. The predicted octanol–water partition coefficient (Wildman–Crippen LogP) is 5.91. The van der Waals surface area contributed by atoms with Crippen molar-refractivity contribution in [3.05, 3.63) is 71.2 Å². The Kier molecular flexibility index (Phi) is 4.13. The third kappa shape index (κ3) is 2.56. The van der Waals surface area contributed by atoms with Gasteiger partial charge in [0.25, 0.3) is 0 Å². The Bertz CT molecular complexity index is 994. The van der Waals surface area contributed by atoms with Gasteiger partial charge in [0.15, 0.2) is 0 Å². The molecule has 1 saturated carbocycles. The summed E-state index contributed by atoms with van der Waals surface area (Å²) in [5, 5.41) is 1.10. The van der Waals surface area contributed by atoms with Gasteiger partial charge in [0.05, 0.1) is 0 Å². The molecule has 28 heavy (non-hydrogen) atoms. The van der Waals surface area contributed by atoms with Gasteiger partial charge < -0.3 is 4.98 Å². The second-order valence-electron chi connectivity index (χ2n) is 9.09. The lowest BCUT2D eigenvalue weighted by molar-refractivity contribution is 0.0579. The topological polar surface area (TPSA) is 19.0 Å². The third-order valence-corrected chi connectivity index (χ3v) is 7.68. The maximum Gasteiger partial charge on any atom is 0.123 e. The molecular weight excluding hydrogens is 347 g/mol. The van der Waals surface area contributed by atoms with E-state index in [0.717, 1.165) is 30.2 Å². The summed E-state index contributed by atoms with van der Waals surface area (Å²) in [6.07, 6.45) is 8.20. The first kappa shape index (κ1) is 17.9. The van der Waals surface area contributed by atoms with Gasteiger partial charge in [0.2, 0.25) is 0 Å². The van der Waals surface area contributed by atoms with Crippen LogP contribution in [0.5, 0.6) is 0 Å². The first-order chi connectivity index (χ1) is 13.5. The van der Waals surface area contributed by atoms with Crippen molar-refractivity contribution >= 4 is 10.9 Å². The van der Waals surface area contributed by atoms with Crippen molar-refractivity contribution in [3.63, 3.8) is 0 Å². The van der Waals surface area contributed by atoms with Crippen LogP contribution in [0.2, 0.25) is 0 Å². The number of nitrogens with zero attached hydrogens (tertiary/aromatic N) is 1. The maximum atomic E-state index is 13.9. The fourth-order valence-corrected chi connectivity index (χ4v) is 6.05. The van der Waals surface area contributed by atoms with Gasteiger partial charge in [-0.2, -0.15) is 0 Å². The summed E-state index contributed by atoms with van der Waals surface area (Å²) in [5.41, 5.74) is 5.64. The molecule has 0 unspecified atom stereocenters. The predicted molar refractivity (Wildman–Crippen MR) is 113 cm³/mol. The van der Waals surface area contributed by atoms with Crippen LogP contribution in [0, 0.1) is 5.82 Å². The third-order valence-electron chi connectivity index (χ3n) is 7.68. The average molecular weight is 377 g/mol. The van der Waals surface area contributed by atoms with E-state index in [1.807, 2.05) is 6.07 Å². The Balaban J connectivity index is 1.54. The molecule has 1 heterocycles. The second-order valence-corrected chi connectivity index (χ2v) is 9.09. The van der Waals surface area contributed by atoms with Crippen LogP contribution in [0.3, 0.4) is 0 Å². The Morgan fingerprint density at radius 1 is 0.929 bits per heavy atom. The molecule has 3 heteroatoms. The van der Waals surface area contributed by atoms with E-state index in [-0.39, 0.29) is 16.8 Å². The average Bonchev–Trinajstić information content (AvgIpc) is 3.09. The zero-order chi connectivity index (χ0) is 19.4. The van der Waals surface area contributed by atoms with Crippen LogP contribution in [0.15, 0.2) is 48.5 Å². The minimum atomic E-state index is -0.131. The highest BCUT2D eigenvalue weighted by Crippen LogP contribution is 2.54. The molecular formula is C25H29FN2. The minimum Gasteiger partial charge on any atom is -0.358 e. The fourth-order valence-electron chi connectivity index (χ4n) is 6.05. The van der Waals surface area contributed by atoms with Gasteiger partial charge in [-0.15, -0.1) is 0 Å². The van der Waals surface area contributed by atoms with Crippen molar-refractivity contribution in [2.75, 3.05) is 14.1 Å². The molecule has 1 N–H and O–H groups in total. The van der Waals surface area contributed by atoms with E-state index in [2.05, 4.69) is 54.3 Å². The maximum absolute atomic E-state index is 13.9. The highest BCUT2D eigenvalue weighted by molar-refractivity contribution is 5.85. The van der Waals surface area contributed by atoms with Crippen LogP contribution >= 0.6 is 0 Å². The molecule has 1 fully saturated rings. The number of aromatic nitrogens is 1. The Morgan fingerprint density at radius 3 is 2.39 bits per heavy atom. The number of hydrogen-bond donors (Lipinski definition) is 1. The molecule has 1 spiro atoms. The molecule has 146 valence electrons. The van der Waals surface area contributed by atoms with E-state index in [4.69, 9.17) is 0 Å². The molecule has 0 radical (unpaired) electrons. The van der Waals surface area contributed by atoms with E-state index in [1.165, 1.54) is 42.5 Å². The van der Waals surface area contributed by atoms with E-state index in [0.29, 0.717) is 0 Å². The van der Waals surface area contributed by atoms with Crippen molar-refractivity contribution in [2.24, 2.45) is 0 Å². The molecule has 2 aliphatic carbocycles. The summed E-state index contributed by atoms with van der Waals surface area (Å²) in [5.74, 6) is -0.131. The van der Waals surface area contributed by atoms with Crippen molar-refractivity contribution in [1.29, 1.82) is 0 Å². The lowest BCUT2D eigenvalue weighted by Crippen LogP contribution is -2.48. The first-order valence-corrected chi connectivity index (χ1v) is 10.6. The Labute approximate surface area is 166 Å². The monoisotopic (exact) mass is 376 g/mol. The van der Waals surface area contributed by atoms with Crippen LogP contribution in [-0.4, -0.2) is 24.0 Å². The van der Waals surface area contributed by atoms with Crippen LogP contribution in [-0.2, 0) is 17.4 Å². The Hall–Kier alpha value is -2.13. The smallest absolute Gasteiger partial charge is 0.123 e. The molecule has 2 aromatic carbocycles. The van der Waals surface area contributed by atoms with E-state index in [9.17, 15) is 4.39 Å². The number of H-pyrrole nitrogens is 1. The normalized spacial score (nSPS) is 27.4. The highest BCUT2D eigenvalue weighted by Gasteiger charge is 2.48. The number of benzene rings is 2. The molecule has 5 rings (SSSR count). The van der Waals surface area contributed by atoms with Gasteiger partial charge in [-0.25, -0.2) is 4.39 Å². The molecule has 3 aromatic rings. The zero-order valence-corrected chi connectivity index (χ0v) is 16.9. The molecule has 0 saturated heterocycles. The number of aryl methyl sites for hydroxylation is 1. The highest BCUT2D eigenvalue weighted by atomic mass is 19.1. The number of aromatic amines is 1. The number of rotatable bonds is 2. The van der Waals surface area contributed by atoms with E-state index >= 15 is 0 Å². The van der Waals surface area contributed by atoms with Gasteiger partial charge in [-0.1, -0.05) is 30.3 Å². The quantitative estimate of drug-likeness (QED) is 0.589. The van der Waals surface area contributed by atoms with Crippen molar-refractivity contribution < 1.29 is 4.39 Å². The Morgan fingerprint density at radius 2 is 1.68 bits per heavy atom. The van der Waals surface area contributed by atoms with Gasteiger partial charge in [0.1, 0.15) is 5.82 Å². The number of nitrogens with one attached hydrogen (secondary N) is 1. The number of halogens is 1. The molecule has 0 amide bonds. The molecule has 2 nitrogen and oxygen atoms in total. The largest absolute Gasteiger partial charge is 0.358 e. The van der Waals surface area contributed by atoms with Gasteiger partial charge >= 0.3 is 0 Å². The second kappa shape index (κ2) is 6.45. The lowest BCUT2D eigenvalue weighted by atomic mass is 9.59. The van der Waals surface area contributed by atoms with Crippen LogP contribution in [0.1, 0.15) is 55.3 Å². The molecule has 1 aromatic heterocycles. The first-order valence-electron chi connectivity index (χ1n) is 10.6.